The number of halogens is 2. The zero-order valence-electron chi connectivity index (χ0n) is 20.4. The summed E-state index contributed by atoms with van der Waals surface area (Å²) in [5.74, 6) is -1.73. The van der Waals surface area contributed by atoms with Gasteiger partial charge in [0.1, 0.15) is 17.2 Å². The van der Waals surface area contributed by atoms with Crippen molar-refractivity contribution in [2.24, 2.45) is 0 Å². The predicted octanol–water partition coefficient (Wildman–Crippen LogP) is 2.93. The lowest BCUT2D eigenvalue weighted by Crippen LogP contribution is -2.41. The molecule has 1 aromatic rings. The first-order chi connectivity index (χ1) is 15.1. The van der Waals surface area contributed by atoms with Crippen LogP contribution in [0.15, 0.2) is 12.1 Å². The number of amides is 2. The SMILES string of the molecule is CC(C)(C)OC(=O)NC1CCN(C(=O)Cc2cc(F)c(B3OC(C)(C)C(C)(C)O3)cc2F)C1. The second-order valence-corrected chi connectivity index (χ2v) is 10.7. The molecule has 2 aliphatic heterocycles. The number of alkyl carbamates (subject to hydrolysis) is 1. The fraction of sp³-hybridized carbons (Fsp3) is 0.652. The zero-order chi connectivity index (χ0) is 24.8. The molecule has 2 heterocycles. The molecular weight excluding hydrogens is 433 g/mol. The van der Waals surface area contributed by atoms with Gasteiger partial charge < -0.3 is 24.3 Å². The van der Waals surface area contributed by atoms with Crippen LogP contribution in [0.4, 0.5) is 13.6 Å². The Balaban J connectivity index is 1.62. The van der Waals surface area contributed by atoms with E-state index in [0.29, 0.717) is 13.0 Å². The third-order valence-corrected chi connectivity index (χ3v) is 6.28. The van der Waals surface area contributed by atoms with Crippen molar-refractivity contribution >= 4 is 24.6 Å². The van der Waals surface area contributed by atoms with Crippen molar-refractivity contribution in [2.45, 2.75) is 84.2 Å². The van der Waals surface area contributed by atoms with Crippen molar-refractivity contribution in [1.82, 2.24) is 10.2 Å². The molecule has 0 saturated carbocycles. The van der Waals surface area contributed by atoms with Crippen LogP contribution in [0.2, 0.25) is 0 Å². The molecule has 1 N–H and O–H groups in total. The summed E-state index contributed by atoms with van der Waals surface area (Å²) in [4.78, 5) is 26.2. The molecule has 0 spiro atoms. The molecule has 1 unspecified atom stereocenters. The first-order valence-corrected chi connectivity index (χ1v) is 11.2. The van der Waals surface area contributed by atoms with Gasteiger partial charge in [0.2, 0.25) is 5.91 Å². The maximum atomic E-state index is 14.8. The average molecular weight is 466 g/mol. The fourth-order valence-corrected chi connectivity index (χ4v) is 3.74. The van der Waals surface area contributed by atoms with Crippen LogP contribution in [0, 0.1) is 11.6 Å². The normalized spacial score (nSPS) is 21.9. The smallest absolute Gasteiger partial charge is 0.444 e. The molecule has 2 fully saturated rings. The highest BCUT2D eigenvalue weighted by molar-refractivity contribution is 6.62. The van der Waals surface area contributed by atoms with Crippen LogP contribution < -0.4 is 10.8 Å². The molecule has 2 amide bonds. The molecule has 10 heteroatoms. The van der Waals surface area contributed by atoms with E-state index < -0.39 is 41.6 Å². The first-order valence-electron chi connectivity index (χ1n) is 11.2. The number of hydrogen-bond donors (Lipinski definition) is 1. The number of benzene rings is 1. The van der Waals surface area contributed by atoms with Crippen LogP contribution in [0.1, 0.15) is 60.5 Å². The summed E-state index contributed by atoms with van der Waals surface area (Å²) in [6, 6.07) is 1.81. The maximum absolute atomic E-state index is 14.8. The van der Waals surface area contributed by atoms with Crippen LogP contribution >= 0.6 is 0 Å². The highest BCUT2D eigenvalue weighted by Gasteiger charge is 2.52. The number of nitrogens with zero attached hydrogens (tertiary/aromatic N) is 1. The quantitative estimate of drug-likeness (QED) is 0.691. The molecule has 0 aliphatic carbocycles. The molecule has 0 bridgehead atoms. The van der Waals surface area contributed by atoms with Gasteiger partial charge in [0.25, 0.3) is 0 Å². The van der Waals surface area contributed by atoms with Gasteiger partial charge in [0.05, 0.1) is 23.7 Å². The molecule has 1 aromatic carbocycles. The van der Waals surface area contributed by atoms with Gasteiger partial charge in [-0.05, 0) is 72.6 Å². The Morgan fingerprint density at radius 3 is 2.33 bits per heavy atom. The minimum Gasteiger partial charge on any atom is -0.444 e. The molecule has 3 rings (SSSR count). The molecule has 1 atom stereocenters. The van der Waals surface area contributed by atoms with Crippen molar-refractivity contribution in [3.05, 3.63) is 29.3 Å². The van der Waals surface area contributed by atoms with E-state index in [1.54, 1.807) is 20.8 Å². The lowest BCUT2D eigenvalue weighted by molar-refractivity contribution is -0.129. The van der Waals surface area contributed by atoms with Crippen LogP contribution in [-0.2, 0) is 25.3 Å². The molecule has 2 saturated heterocycles. The molecule has 182 valence electrons. The molecule has 0 radical (unpaired) electrons. The molecule has 7 nitrogen and oxygen atoms in total. The molecule has 33 heavy (non-hydrogen) atoms. The second-order valence-electron chi connectivity index (χ2n) is 10.7. The molecular formula is C23H33BF2N2O5. The largest absolute Gasteiger partial charge is 0.497 e. The van der Waals surface area contributed by atoms with Crippen molar-refractivity contribution in [3.8, 4) is 0 Å². The zero-order valence-corrected chi connectivity index (χ0v) is 20.4. The van der Waals surface area contributed by atoms with Crippen LogP contribution in [-0.4, -0.2) is 60.0 Å². The minimum absolute atomic E-state index is 0.0369. The number of nitrogens with one attached hydrogen (secondary N) is 1. The summed E-state index contributed by atoms with van der Waals surface area (Å²) >= 11 is 0. The van der Waals surface area contributed by atoms with E-state index in [0.717, 1.165) is 12.1 Å². The van der Waals surface area contributed by atoms with Crippen molar-refractivity contribution in [3.63, 3.8) is 0 Å². The number of likely N-dealkylation sites (tertiary alicyclic amines) is 1. The number of carbonyl (C=O) groups excluding carboxylic acids is 2. The fourth-order valence-electron chi connectivity index (χ4n) is 3.74. The van der Waals surface area contributed by atoms with Gasteiger partial charge in [-0.15, -0.1) is 0 Å². The third-order valence-electron chi connectivity index (χ3n) is 6.28. The summed E-state index contributed by atoms with van der Waals surface area (Å²) < 4.78 is 46.5. The molecule has 2 aliphatic rings. The van der Waals surface area contributed by atoms with E-state index in [9.17, 15) is 18.4 Å². The van der Waals surface area contributed by atoms with E-state index in [1.807, 2.05) is 27.7 Å². The van der Waals surface area contributed by atoms with Crippen LogP contribution in [0.3, 0.4) is 0 Å². The minimum atomic E-state index is -1.03. The van der Waals surface area contributed by atoms with E-state index in [1.165, 1.54) is 4.90 Å². The van der Waals surface area contributed by atoms with E-state index >= 15 is 0 Å². The van der Waals surface area contributed by atoms with Gasteiger partial charge >= 0.3 is 13.2 Å². The Hall–Kier alpha value is -2.20. The van der Waals surface area contributed by atoms with E-state index in [2.05, 4.69) is 5.32 Å². The first kappa shape index (κ1) is 25.4. The highest BCUT2D eigenvalue weighted by Crippen LogP contribution is 2.36. The Kier molecular flexibility index (Phi) is 6.83. The van der Waals surface area contributed by atoms with Crippen molar-refractivity contribution in [2.75, 3.05) is 13.1 Å². The molecule has 0 aromatic heterocycles. The number of ether oxygens (including phenoxy) is 1. The Morgan fingerprint density at radius 2 is 1.76 bits per heavy atom. The summed E-state index contributed by atoms with van der Waals surface area (Å²) in [6.07, 6.45) is -0.276. The van der Waals surface area contributed by atoms with Crippen LogP contribution in [0.5, 0.6) is 0 Å². The topological polar surface area (TPSA) is 77.1 Å². The van der Waals surface area contributed by atoms with Gasteiger partial charge in [-0.1, -0.05) is 0 Å². The summed E-state index contributed by atoms with van der Waals surface area (Å²) in [6.45, 7) is 13.3. The summed E-state index contributed by atoms with van der Waals surface area (Å²) in [5.41, 5.74) is -2.07. The second kappa shape index (κ2) is 8.87. The van der Waals surface area contributed by atoms with E-state index in [-0.39, 0.29) is 35.9 Å². The van der Waals surface area contributed by atoms with Gasteiger partial charge in [0.15, 0.2) is 0 Å². The Bertz CT molecular complexity index is 916. The highest BCUT2D eigenvalue weighted by atomic mass is 19.1. The Labute approximate surface area is 194 Å². The summed E-state index contributed by atoms with van der Waals surface area (Å²) in [5, 5.41) is 2.74. The lowest BCUT2D eigenvalue weighted by Gasteiger charge is -2.32. The maximum Gasteiger partial charge on any atom is 0.497 e. The predicted molar refractivity (Wildman–Crippen MR) is 120 cm³/mol. The number of rotatable bonds is 4. The van der Waals surface area contributed by atoms with Crippen LogP contribution in [0.25, 0.3) is 0 Å². The average Bonchev–Trinajstić information content (AvgIpc) is 3.18. The van der Waals surface area contributed by atoms with Crippen molar-refractivity contribution in [1.29, 1.82) is 0 Å². The van der Waals surface area contributed by atoms with Gasteiger partial charge in [0, 0.05) is 18.6 Å². The van der Waals surface area contributed by atoms with E-state index in [4.69, 9.17) is 14.0 Å². The third kappa shape index (κ3) is 5.84. The number of carbonyl (C=O) groups is 2. The van der Waals surface area contributed by atoms with Gasteiger partial charge in [-0.25, -0.2) is 13.6 Å². The van der Waals surface area contributed by atoms with Crippen molar-refractivity contribution < 1.29 is 32.4 Å². The Morgan fingerprint density at radius 1 is 1.15 bits per heavy atom. The number of hydrogen-bond acceptors (Lipinski definition) is 5. The summed E-state index contributed by atoms with van der Waals surface area (Å²) in [7, 11) is -1.03. The monoisotopic (exact) mass is 466 g/mol. The lowest BCUT2D eigenvalue weighted by atomic mass is 9.78. The van der Waals surface area contributed by atoms with Gasteiger partial charge in [-0.3, -0.25) is 4.79 Å². The standard InChI is InChI=1S/C23H33BF2N2O5/c1-21(2,3)31-20(30)27-15-8-9-28(13-15)19(29)11-14-10-18(26)16(12-17(14)25)24-32-22(4,5)23(6,7)33-24/h10,12,15H,8-9,11,13H2,1-7H3,(H,27,30). The van der Waals surface area contributed by atoms with Gasteiger partial charge in [-0.2, -0.15) is 0 Å².